The van der Waals surface area contributed by atoms with E-state index in [9.17, 15) is 19.1 Å². The number of hydrogen-bond donors (Lipinski definition) is 2. The van der Waals surface area contributed by atoms with Gasteiger partial charge in [0.15, 0.2) is 0 Å². The molecular formula is C21H27FN6O4. The van der Waals surface area contributed by atoms with Crippen molar-refractivity contribution in [3.63, 3.8) is 0 Å². The molecule has 1 aromatic carbocycles. The van der Waals surface area contributed by atoms with E-state index >= 15 is 0 Å². The SMILES string of the molecule is CC(=O)NCC1CN(c2ccc(N3CCC(n4cc(C(C)O)nn4)CC3)c(F)c2)C(=O)O1. The molecule has 2 unspecified atom stereocenters. The molecule has 2 aliphatic rings. The number of nitrogens with zero attached hydrogens (tertiary/aromatic N) is 5. The Morgan fingerprint density at radius 3 is 2.75 bits per heavy atom. The summed E-state index contributed by atoms with van der Waals surface area (Å²) in [5.74, 6) is -0.609. The van der Waals surface area contributed by atoms with Crippen molar-refractivity contribution in [1.29, 1.82) is 0 Å². The number of aromatic nitrogens is 3. The van der Waals surface area contributed by atoms with E-state index in [1.807, 2.05) is 4.90 Å². The van der Waals surface area contributed by atoms with Crippen LogP contribution < -0.4 is 15.1 Å². The number of ether oxygens (including phenoxy) is 1. The van der Waals surface area contributed by atoms with Gasteiger partial charge in [0.25, 0.3) is 0 Å². The Kier molecular flexibility index (Phi) is 6.26. The zero-order valence-corrected chi connectivity index (χ0v) is 18.1. The molecule has 172 valence electrons. The molecule has 4 rings (SSSR count). The molecule has 2 atom stereocenters. The minimum Gasteiger partial charge on any atom is -0.442 e. The molecule has 0 spiro atoms. The zero-order chi connectivity index (χ0) is 22.8. The van der Waals surface area contributed by atoms with Crippen LogP contribution in [0, 0.1) is 5.82 Å². The summed E-state index contributed by atoms with van der Waals surface area (Å²) in [4.78, 5) is 26.6. The number of halogens is 1. The quantitative estimate of drug-likeness (QED) is 0.695. The largest absolute Gasteiger partial charge is 0.442 e. The van der Waals surface area contributed by atoms with Crippen LogP contribution in [-0.2, 0) is 9.53 Å². The van der Waals surface area contributed by atoms with Crippen LogP contribution in [0.5, 0.6) is 0 Å². The molecule has 3 heterocycles. The van der Waals surface area contributed by atoms with Crippen molar-refractivity contribution >= 4 is 23.4 Å². The van der Waals surface area contributed by atoms with Crippen molar-refractivity contribution < 1.29 is 23.8 Å². The molecule has 10 nitrogen and oxygen atoms in total. The highest BCUT2D eigenvalue weighted by Crippen LogP contribution is 2.31. The lowest BCUT2D eigenvalue weighted by Gasteiger charge is -2.33. The summed E-state index contributed by atoms with van der Waals surface area (Å²) in [6.45, 7) is 4.80. The van der Waals surface area contributed by atoms with E-state index in [0.717, 1.165) is 12.8 Å². The Morgan fingerprint density at radius 1 is 1.38 bits per heavy atom. The zero-order valence-electron chi connectivity index (χ0n) is 18.1. The van der Waals surface area contributed by atoms with Gasteiger partial charge in [-0.2, -0.15) is 0 Å². The van der Waals surface area contributed by atoms with Crippen molar-refractivity contribution in [3.8, 4) is 0 Å². The van der Waals surface area contributed by atoms with E-state index in [1.165, 1.54) is 17.9 Å². The maximum absolute atomic E-state index is 14.9. The van der Waals surface area contributed by atoms with Gasteiger partial charge in [0, 0.05) is 20.0 Å². The molecule has 0 saturated carbocycles. The van der Waals surface area contributed by atoms with Crippen LogP contribution >= 0.6 is 0 Å². The number of piperidine rings is 1. The number of hydrogen-bond acceptors (Lipinski definition) is 7. The Labute approximate surface area is 184 Å². The first kappa shape index (κ1) is 22.0. The van der Waals surface area contributed by atoms with Gasteiger partial charge in [0.2, 0.25) is 5.91 Å². The molecule has 2 aliphatic heterocycles. The molecule has 0 radical (unpaired) electrons. The molecule has 2 saturated heterocycles. The van der Waals surface area contributed by atoms with Crippen LogP contribution in [0.3, 0.4) is 0 Å². The molecular weight excluding hydrogens is 419 g/mol. The van der Waals surface area contributed by atoms with Gasteiger partial charge >= 0.3 is 6.09 Å². The Bertz CT molecular complexity index is 988. The second kappa shape index (κ2) is 9.11. The number of cyclic esters (lactones) is 1. The van der Waals surface area contributed by atoms with Gasteiger partial charge in [-0.05, 0) is 38.0 Å². The fourth-order valence-corrected chi connectivity index (χ4v) is 4.05. The maximum atomic E-state index is 14.9. The predicted molar refractivity (Wildman–Crippen MR) is 114 cm³/mol. The van der Waals surface area contributed by atoms with Crippen molar-refractivity contribution in [2.75, 3.05) is 36.0 Å². The number of carbonyl (C=O) groups is 2. The van der Waals surface area contributed by atoms with Crippen molar-refractivity contribution in [1.82, 2.24) is 20.3 Å². The number of benzene rings is 1. The predicted octanol–water partition coefficient (Wildman–Crippen LogP) is 1.77. The number of nitrogens with one attached hydrogen (secondary N) is 1. The second-order valence-electron chi connectivity index (χ2n) is 8.21. The van der Waals surface area contributed by atoms with E-state index in [-0.39, 0.29) is 25.0 Å². The lowest BCUT2D eigenvalue weighted by atomic mass is 10.0. The summed E-state index contributed by atoms with van der Waals surface area (Å²) in [6, 6.07) is 4.88. The third-order valence-electron chi connectivity index (χ3n) is 5.83. The van der Waals surface area contributed by atoms with E-state index in [1.54, 1.807) is 29.9 Å². The van der Waals surface area contributed by atoms with Crippen molar-refractivity contribution in [3.05, 3.63) is 35.9 Å². The van der Waals surface area contributed by atoms with Gasteiger partial charge in [-0.3, -0.25) is 9.69 Å². The van der Waals surface area contributed by atoms with Crippen molar-refractivity contribution in [2.45, 2.75) is 44.9 Å². The van der Waals surface area contributed by atoms with Crippen molar-refractivity contribution in [2.24, 2.45) is 0 Å². The molecule has 11 heteroatoms. The molecule has 2 fully saturated rings. The lowest BCUT2D eigenvalue weighted by Crippen LogP contribution is -2.35. The molecule has 2 aromatic rings. The molecule has 32 heavy (non-hydrogen) atoms. The third kappa shape index (κ3) is 4.67. The minimum atomic E-state index is -0.662. The lowest BCUT2D eigenvalue weighted by molar-refractivity contribution is -0.119. The van der Waals surface area contributed by atoms with Crippen LogP contribution in [0.1, 0.15) is 44.5 Å². The first-order chi connectivity index (χ1) is 15.3. The van der Waals surface area contributed by atoms with E-state index < -0.39 is 24.1 Å². The fourth-order valence-electron chi connectivity index (χ4n) is 4.05. The highest BCUT2D eigenvalue weighted by atomic mass is 19.1. The molecule has 0 bridgehead atoms. The van der Waals surface area contributed by atoms with Crippen LogP contribution in [0.4, 0.5) is 20.6 Å². The smallest absolute Gasteiger partial charge is 0.414 e. The van der Waals surface area contributed by atoms with E-state index in [2.05, 4.69) is 15.6 Å². The summed E-state index contributed by atoms with van der Waals surface area (Å²) in [5, 5.41) is 20.3. The highest BCUT2D eigenvalue weighted by molar-refractivity contribution is 5.90. The Morgan fingerprint density at radius 2 is 2.12 bits per heavy atom. The molecule has 2 N–H and O–H groups in total. The monoisotopic (exact) mass is 446 g/mol. The molecule has 2 amide bonds. The fraction of sp³-hybridized carbons (Fsp3) is 0.524. The Balaban J connectivity index is 1.37. The normalized spacial score (nSPS) is 20.4. The second-order valence-corrected chi connectivity index (χ2v) is 8.21. The van der Waals surface area contributed by atoms with Crippen LogP contribution in [0.2, 0.25) is 0 Å². The first-order valence-electron chi connectivity index (χ1n) is 10.7. The first-order valence-corrected chi connectivity index (χ1v) is 10.7. The average Bonchev–Trinajstić information content (AvgIpc) is 3.39. The summed E-state index contributed by atoms with van der Waals surface area (Å²) in [7, 11) is 0. The number of anilines is 2. The number of aliphatic hydroxyl groups excluding tert-OH is 1. The number of amides is 2. The third-order valence-corrected chi connectivity index (χ3v) is 5.83. The van der Waals surface area contributed by atoms with Gasteiger partial charge < -0.3 is 20.1 Å². The topological polar surface area (TPSA) is 113 Å². The van der Waals surface area contributed by atoms with Gasteiger partial charge in [0.1, 0.15) is 17.6 Å². The molecule has 0 aliphatic carbocycles. The van der Waals surface area contributed by atoms with Gasteiger partial charge in [-0.25, -0.2) is 13.9 Å². The number of carbonyl (C=O) groups excluding carboxylic acids is 2. The van der Waals surface area contributed by atoms with Crippen LogP contribution in [0.25, 0.3) is 0 Å². The standard InChI is InChI=1S/C21H27FN6O4/c1-13(29)19-12-28(25-24-19)15-5-7-26(8-6-15)20-4-3-16(9-18(20)22)27-11-17(32-21(27)31)10-23-14(2)30/h3-4,9,12-13,15,17,29H,5-8,10-11H2,1-2H3,(H,23,30). The van der Waals surface area contributed by atoms with E-state index in [4.69, 9.17) is 4.74 Å². The molecule has 1 aromatic heterocycles. The summed E-state index contributed by atoms with van der Waals surface area (Å²) >= 11 is 0. The Hall–Kier alpha value is -3.21. The van der Waals surface area contributed by atoms with E-state index in [0.29, 0.717) is 30.2 Å². The maximum Gasteiger partial charge on any atom is 0.414 e. The highest BCUT2D eigenvalue weighted by Gasteiger charge is 2.33. The van der Waals surface area contributed by atoms with Crippen LogP contribution in [0.15, 0.2) is 24.4 Å². The summed E-state index contributed by atoms with van der Waals surface area (Å²) in [6.07, 6.45) is 1.61. The van der Waals surface area contributed by atoms with Gasteiger partial charge in [-0.15, -0.1) is 5.10 Å². The van der Waals surface area contributed by atoms with Gasteiger partial charge in [0.05, 0.1) is 42.8 Å². The summed E-state index contributed by atoms with van der Waals surface area (Å²) < 4.78 is 22.0. The minimum absolute atomic E-state index is 0.147. The van der Waals surface area contributed by atoms with Gasteiger partial charge in [-0.1, -0.05) is 5.21 Å². The summed E-state index contributed by atoms with van der Waals surface area (Å²) in [5.41, 5.74) is 1.44. The van der Waals surface area contributed by atoms with Crippen LogP contribution in [-0.4, -0.2) is 64.4 Å². The number of aliphatic hydroxyl groups is 1. The number of rotatable bonds is 6. The average molecular weight is 446 g/mol.